The Hall–Kier alpha value is -1.38. The van der Waals surface area contributed by atoms with Crippen molar-refractivity contribution in [1.29, 1.82) is 0 Å². The van der Waals surface area contributed by atoms with Gasteiger partial charge in [0.05, 0.1) is 0 Å². The summed E-state index contributed by atoms with van der Waals surface area (Å²) >= 11 is 0. The number of nitrogens with zero attached hydrogens (tertiary/aromatic N) is 2. The van der Waals surface area contributed by atoms with Crippen molar-refractivity contribution in [2.24, 2.45) is 0 Å². The summed E-state index contributed by atoms with van der Waals surface area (Å²) in [4.78, 5) is 8.72. The van der Waals surface area contributed by atoms with Crippen LogP contribution in [0.15, 0.2) is 18.0 Å². The summed E-state index contributed by atoms with van der Waals surface area (Å²) in [6.07, 6.45) is 12.7. The number of aryl methyl sites for hydroxylation is 1. The predicted molar refractivity (Wildman–Crippen MR) is 69.1 cm³/mol. The average Bonchev–Trinajstić information content (AvgIpc) is 2.99. The van der Waals surface area contributed by atoms with E-state index < -0.39 is 0 Å². The minimum absolute atomic E-state index is 1.01. The molecule has 0 spiro atoms. The van der Waals surface area contributed by atoms with E-state index in [0.717, 1.165) is 25.2 Å². The normalized spacial score (nSPS) is 18.0. The highest BCUT2D eigenvalue weighted by atomic mass is 15.0. The van der Waals surface area contributed by atoms with Gasteiger partial charge < -0.3 is 5.32 Å². The fourth-order valence-corrected chi connectivity index (χ4v) is 2.82. The van der Waals surface area contributed by atoms with Crippen LogP contribution in [0.25, 0.3) is 0 Å². The molecule has 0 saturated carbocycles. The number of nitrogens with one attached hydrogen (secondary N) is 1. The van der Waals surface area contributed by atoms with Crippen LogP contribution in [0, 0.1) is 0 Å². The summed E-state index contributed by atoms with van der Waals surface area (Å²) in [6, 6.07) is 0. The van der Waals surface area contributed by atoms with E-state index in [1.807, 2.05) is 0 Å². The zero-order chi connectivity index (χ0) is 11.5. The van der Waals surface area contributed by atoms with Crippen molar-refractivity contribution in [1.82, 2.24) is 9.97 Å². The molecule has 1 N–H and O–H groups in total. The van der Waals surface area contributed by atoms with Crippen LogP contribution in [0.4, 0.5) is 5.82 Å². The molecule has 0 aromatic carbocycles. The van der Waals surface area contributed by atoms with Gasteiger partial charge in [-0.25, -0.2) is 9.97 Å². The molecule has 0 saturated heterocycles. The Morgan fingerprint density at radius 1 is 1.12 bits per heavy atom. The van der Waals surface area contributed by atoms with E-state index in [1.54, 1.807) is 11.9 Å². The second-order valence-electron chi connectivity index (χ2n) is 4.93. The third kappa shape index (κ3) is 2.33. The van der Waals surface area contributed by atoms with Gasteiger partial charge in [0.2, 0.25) is 0 Å². The lowest BCUT2D eigenvalue weighted by Gasteiger charge is -2.09. The van der Waals surface area contributed by atoms with Crippen LogP contribution < -0.4 is 5.32 Å². The molecule has 0 amide bonds. The van der Waals surface area contributed by atoms with E-state index >= 15 is 0 Å². The predicted octanol–water partition coefficient (Wildman–Crippen LogP) is 2.88. The molecule has 0 aliphatic heterocycles. The van der Waals surface area contributed by atoms with Crippen molar-refractivity contribution < 1.29 is 0 Å². The first-order valence-electron chi connectivity index (χ1n) is 6.68. The van der Waals surface area contributed by atoms with Gasteiger partial charge in [-0.1, -0.05) is 11.6 Å². The molecule has 3 nitrogen and oxygen atoms in total. The highest BCUT2D eigenvalue weighted by Crippen LogP contribution is 2.25. The number of allylic oxidation sites excluding steroid dienone is 1. The highest BCUT2D eigenvalue weighted by molar-refractivity contribution is 5.47. The molecule has 0 radical (unpaired) electrons. The number of aromatic nitrogens is 2. The number of anilines is 1. The van der Waals surface area contributed by atoms with Crippen LogP contribution in [-0.2, 0) is 12.8 Å². The molecule has 2 aliphatic carbocycles. The van der Waals surface area contributed by atoms with Crippen LogP contribution in [-0.4, -0.2) is 16.5 Å². The second-order valence-corrected chi connectivity index (χ2v) is 4.93. The lowest BCUT2D eigenvalue weighted by atomic mass is 10.1. The van der Waals surface area contributed by atoms with Crippen LogP contribution in [0.2, 0.25) is 0 Å². The van der Waals surface area contributed by atoms with Crippen LogP contribution in [0.3, 0.4) is 0 Å². The summed E-state index contributed by atoms with van der Waals surface area (Å²) in [5.41, 5.74) is 4.22. The van der Waals surface area contributed by atoms with Crippen molar-refractivity contribution in [3.05, 3.63) is 29.2 Å². The maximum atomic E-state index is 4.37. The monoisotopic (exact) mass is 229 g/mol. The largest absolute Gasteiger partial charge is 0.369 e. The maximum Gasteiger partial charge on any atom is 0.132 e. The SMILES string of the molecule is C1=C(CCNc2ncnc3c2CCC3)CCC1. The van der Waals surface area contributed by atoms with Crippen molar-refractivity contribution >= 4 is 5.82 Å². The van der Waals surface area contributed by atoms with Crippen molar-refractivity contribution in [2.75, 3.05) is 11.9 Å². The van der Waals surface area contributed by atoms with E-state index in [-0.39, 0.29) is 0 Å². The Morgan fingerprint density at radius 3 is 3.00 bits per heavy atom. The lowest BCUT2D eigenvalue weighted by Crippen LogP contribution is -2.07. The van der Waals surface area contributed by atoms with E-state index in [9.17, 15) is 0 Å². The molecule has 1 aromatic heterocycles. The van der Waals surface area contributed by atoms with Gasteiger partial charge in [0.15, 0.2) is 0 Å². The highest BCUT2D eigenvalue weighted by Gasteiger charge is 2.16. The van der Waals surface area contributed by atoms with E-state index in [4.69, 9.17) is 0 Å². The second kappa shape index (κ2) is 4.86. The fourth-order valence-electron chi connectivity index (χ4n) is 2.82. The molecule has 0 unspecified atom stereocenters. The number of rotatable bonds is 4. The van der Waals surface area contributed by atoms with E-state index in [2.05, 4.69) is 21.4 Å². The summed E-state index contributed by atoms with van der Waals surface area (Å²) in [6.45, 7) is 1.01. The third-order valence-corrected chi connectivity index (χ3v) is 3.75. The van der Waals surface area contributed by atoms with E-state index in [0.29, 0.717) is 0 Å². The molecule has 3 rings (SSSR count). The Kier molecular flexibility index (Phi) is 3.08. The zero-order valence-electron chi connectivity index (χ0n) is 10.2. The minimum atomic E-state index is 1.01. The zero-order valence-corrected chi connectivity index (χ0v) is 10.2. The molecule has 17 heavy (non-hydrogen) atoms. The van der Waals surface area contributed by atoms with Crippen LogP contribution in [0.1, 0.15) is 43.4 Å². The maximum absolute atomic E-state index is 4.37. The first-order valence-corrected chi connectivity index (χ1v) is 6.68. The number of hydrogen-bond donors (Lipinski definition) is 1. The van der Waals surface area contributed by atoms with Crippen LogP contribution >= 0.6 is 0 Å². The molecule has 2 aliphatic rings. The third-order valence-electron chi connectivity index (χ3n) is 3.75. The topological polar surface area (TPSA) is 37.8 Å². The number of hydrogen-bond acceptors (Lipinski definition) is 3. The van der Waals surface area contributed by atoms with Gasteiger partial charge in [0.1, 0.15) is 12.1 Å². The minimum Gasteiger partial charge on any atom is -0.369 e. The van der Waals surface area contributed by atoms with Gasteiger partial charge in [-0.3, -0.25) is 0 Å². The summed E-state index contributed by atoms with van der Waals surface area (Å²) in [5, 5.41) is 3.48. The molecule has 0 fully saturated rings. The molecular weight excluding hydrogens is 210 g/mol. The summed E-state index contributed by atoms with van der Waals surface area (Å²) < 4.78 is 0. The molecule has 0 bridgehead atoms. The van der Waals surface area contributed by atoms with E-state index in [1.165, 1.54) is 43.4 Å². The van der Waals surface area contributed by atoms with Gasteiger partial charge in [-0.15, -0.1) is 0 Å². The van der Waals surface area contributed by atoms with Crippen molar-refractivity contribution in [3.63, 3.8) is 0 Å². The lowest BCUT2D eigenvalue weighted by molar-refractivity contribution is 0.860. The number of fused-ring (bicyclic) bond motifs is 1. The Balaban J connectivity index is 1.60. The smallest absolute Gasteiger partial charge is 0.132 e. The Morgan fingerprint density at radius 2 is 2.12 bits per heavy atom. The average molecular weight is 229 g/mol. The molecular formula is C14H19N3. The Labute approximate surface area is 102 Å². The molecule has 0 atom stereocenters. The molecule has 1 aromatic rings. The van der Waals surface area contributed by atoms with Gasteiger partial charge in [-0.2, -0.15) is 0 Å². The summed E-state index contributed by atoms with van der Waals surface area (Å²) in [7, 11) is 0. The van der Waals surface area contributed by atoms with Gasteiger partial charge in [0.25, 0.3) is 0 Å². The molecule has 90 valence electrons. The first kappa shape index (κ1) is 10.8. The van der Waals surface area contributed by atoms with Crippen LogP contribution in [0.5, 0.6) is 0 Å². The summed E-state index contributed by atoms with van der Waals surface area (Å²) in [5.74, 6) is 1.08. The van der Waals surface area contributed by atoms with Gasteiger partial charge in [-0.05, 0) is 44.9 Å². The quantitative estimate of drug-likeness (QED) is 0.807. The van der Waals surface area contributed by atoms with Crippen molar-refractivity contribution in [2.45, 2.75) is 44.9 Å². The fraction of sp³-hybridized carbons (Fsp3) is 0.571. The van der Waals surface area contributed by atoms with Crippen molar-refractivity contribution in [3.8, 4) is 0 Å². The Bertz CT molecular complexity index is 437. The first-order chi connectivity index (χ1) is 8.43. The molecule has 1 heterocycles. The molecule has 3 heteroatoms. The standard InChI is InChI=1S/C14H19N3/c1-2-5-11(4-1)8-9-15-14-12-6-3-7-13(12)16-10-17-14/h4,10H,1-3,5-9H2,(H,15,16,17). The van der Waals surface area contributed by atoms with Gasteiger partial charge >= 0.3 is 0 Å². The van der Waals surface area contributed by atoms with Gasteiger partial charge in [0, 0.05) is 17.8 Å².